The van der Waals surface area contributed by atoms with Crippen molar-refractivity contribution < 1.29 is 9.47 Å². The highest BCUT2D eigenvalue weighted by molar-refractivity contribution is 5.24. The van der Waals surface area contributed by atoms with E-state index in [9.17, 15) is 0 Å². The lowest BCUT2D eigenvalue weighted by Crippen LogP contribution is -2.10. The minimum Gasteiger partial charge on any atom is -0.382 e. The molecule has 0 radical (unpaired) electrons. The summed E-state index contributed by atoms with van der Waals surface area (Å²) in [5.41, 5.74) is 0. The van der Waals surface area contributed by atoms with Crippen LogP contribution in [0.3, 0.4) is 0 Å². The molecular formula is C10H19N3O2. The molecule has 0 atom stereocenters. The summed E-state index contributed by atoms with van der Waals surface area (Å²) in [6.45, 7) is 2.95. The van der Waals surface area contributed by atoms with Gasteiger partial charge in [-0.15, -0.1) is 0 Å². The van der Waals surface area contributed by atoms with Crippen LogP contribution in [0, 0.1) is 0 Å². The number of aryl methyl sites for hydroxylation is 1. The predicted molar refractivity (Wildman–Crippen MR) is 59.0 cm³/mol. The van der Waals surface area contributed by atoms with E-state index in [1.165, 1.54) is 0 Å². The van der Waals surface area contributed by atoms with E-state index in [0.717, 1.165) is 25.5 Å². The minimum absolute atomic E-state index is 0.660. The number of nitrogens with zero attached hydrogens (tertiary/aromatic N) is 2. The zero-order valence-corrected chi connectivity index (χ0v) is 9.40. The summed E-state index contributed by atoms with van der Waals surface area (Å²) in [4.78, 5) is 4.15. The lowest BCUT2D eigenvalue weighted by Gasteiger charge is -2.06. The van der Waals surface area contributed by atoms with Crippen LogP contribution in [0.15, 0.2) is 12.4 Å². The van der Waals surface area contributed by atoms with Crippen LogP contribution in [-0.2, 0) is 16.5 Å². The zero-order valence-electron chi connectivity index (χ0n) is 9.40. The highest BCUT2D eigenvalue weighted by Crippen LogP contribution is 2.00. The van der Waals surface area contributed by atoms with E-state index in [4.69, 9.17) is 9.47 Å². The quantitative estimate of drug-likeness (QED) is 0.651. The lowest BCUT2D eigenvalue weighted by atomic mass is 10.4. The standard InChI is InChI=1S/C10H19N3O2/c1-13-6-5-12-10(13)11-4-3-7-15-9-8-14-2/h5-6H,3-4,7-9H2,1-2H3,(H,11,12). The third-order valence-electron chi connectivity index (χ3n) is 2.00. The van der Waals surface area contributed by atoms with Gasteiger partial charge in [0.1, 0.15) is 0 Å². The van der Waals surface area contributed by atoms with Crippen molar-refractivity contribution in [1.82, 2.24) is 9.55 Å². The largest absolute Gasteiger partial charge is 0.382 e. The van der Waals surface area contributed by atoms with E-state index >= 15 is 0 Å². The third-order valence-corrected chi connectivity index (χ3v) is 2.00. The van der Waals surface area contributed by atoms with Crippen LogP contribution in [0.4, 0.5) is 5.95 Å². The van der Waals surface area contributed by atoms with Crippen molar-refractivity contribution in [3.8, 4) is 0 Å². The van der Waals surface area contributed by atoms with Crippen LogP contribution >= 0.6 is 0 Å². The Morgan fingerprint density at radius 3 is 2.93 bits per heavy atom. The highest BCUT2D eigenvalue weighted by atomic mass is 16.5. The summed E-state index contributed by atoms with van der Waals surface area (Å²) in [5, 5.41) is 3.22. The Morgan fingerprint density at radius 1 is 1.40 bits per heavy atom. The second kappa shape index (κ2) is 7.25. The highest BCUT2D eigenvalue weighted by Gasteiger charge is 1.96. The van der Waals surface area contributed by atoms with Crippen molar-refractivity contribution in [2.24, 2.45) is 7.05 Å². The predicted octanol–water partition coefficient (Wildman–Crippen LogP) is 0.885. The molecule has 0 bridgehead atoms. The molecule has 1 N–H and O–H groups in total. The Hall–Kier alpha value is -1.07. The van der Waals surface area contributed by atoms with Gasteiger partial charge in [-0.05, 0) is 6.42 Å². The fourth-order valence-electron chi connectivity index (χ4n) is 1.15. The summed E-state index contributed by atoms with van der Waals surface area (Å²) < 4.78 is 12.2. The molecule has 0 aliphatic rings. The maximum atomic E-state index is 5.33. The molecular weight excluding hydrogens is 194 g/mol. The van der Waals surface area contributed by atoms with Crippen LogP contribution in [0.1, 0.15) is 6.42 Å². The maximum Gasteiger partial charge on any atom is 0.202 e. The molecule has 0 aliphatic carbocycles. The van der Waals surface area contributed by atoms with Gasteiger partial charge in [0.2, 0.25) is 5.95 Å². The second-order valence-electron chi connectivity index (χ2n) is 3.25. The van der Waals surface area contributed by atoms with Crippen LogP contribution in [-0.4, -0.2) is 43.0 Å². The van der Waals surface area contributed by atoms with Crippen molar-refractivity contribution in [1.29, 1.82) is 0 Å². The normalized spacial score (nSPS) is 10.5. The number of aromatic nitrogens is 2. The molecule has 0 fully saturated rings. The average molecular weight is 213 g/mol. The van der Waals surface area contributed by atoms with Gasteiger partial charge >= 0.3 is 0 Å². The van der Waals surface area contributed by atoms with Gasteiger partial charge in [-0.25, -0.2) is 4.98 Å². The Bertz CT molecular complexity index is 263. The fraction of sp³-hybridized carbons (Fsp3) is 0.700. The molecule has 1 aromatic rings. The Kier molecular flexibility index (Phi) is 5.80. The molecule has 5 nitrogen and oxygen atoms in total. The first-order chi connectivity index (χ1) is 7.34. The fourth-order valence-corrected chi connectivity index (χ4v) is 1.15. The molecule has 0 unspecified atom stereocenters. The maximum absolute atomic E-state index is 5.33. The minimum atomic E-state index is 0.660. The first-order valence-electron chi connectivity index (χ1n) is 5.12. The van der Waals surface area contributed by atoms with E-state index in [0.29, 0.717) is 13.2 Å². The molecule has 0 spiro atoms. The molecule has 0 saturated carbocycles. The van der Waals surface area contributed by atoms with Crippen LogP contribution in [0.2, 0.25) is 0 Å². The molecule has 86 valence electrons. The van der Waals surface area contributed by atoms with E-state index in [1.54, 1.807) is 13.3 Å². The number of hydrogen-bond donors (Lipinski definition) is 1. The Labute approximate surface area is 90.4 Å². The molecule has 15 heavy (non-hydrogen) atoms. The monoisotopic (exact) mass is 213 g/mol. The Balaban J connectivity index is 1.96. The van der Waals surface area contributed by atoms with Gasteiger partial charge in [-0.3, -0.25) is 0 Å². The van der Waals surface area contributed by atoms with Crippen molar-refractivity contribution in [3.05, 3.63) is 12.4 Å². The van der Waals surface area contributed by atoms with E-state index in [1.807, 2.05) is 17.8 Å². The SMILES string of the molecule is COCCOCCCNc1nccn1C. The molecule has 1 rings (SSSR count). The lowest BCUT2D eigenvalue weighted by molar-refractivity contribution is 0.0705. The first-order valence-corrected chi connectivity index (χ1v) is 5.12. The number of anilines is 1. The van der Waals surface area contributed by atoms with Crippen molar-refractivity contribution in [2.75, 3.05) is 38.8 Å². The van der Waals surface area contributed by atoms with Crippen molar-refractivity contribution in [2.45, 2.75) is 6.42 Å². The van der Waals surface area contributed by atoms with Gasteiger partial charge in [0.25, 0.3) is 0 Å². The topological polar surface area (TPSA) is 48.3 Å². The molecule has 0 saturated heterocycles. The van der Waals surface area contributed by atoms with Gasteiger partial charge in [0.05, 0.1) is 13.2 Å². The van der Waals surface area contributed by atoms with Gasteiger partial charge in [0, 0.05) is 39.7 Å². The average Bonchev–Trinajstić information content (AvgIpc) is 2.63. The van der Waals surface area contributed by atoms with Gasteiger partial charge in [-0.1, -0.05) is 0 Å². The number of hydrogen-bond acceptors (Lipinski definition) is 4. The second-order valence-corrected chi connectivity index (χ2v) is 3.25. The summed E-state index contributed by atoms with van der Waals surface area (Å²) >= 11 is 0. The Morgan fingerprint density at radius 2 is 2.27 bits per heavy atom. The number of ether oxygens (including phenoxy) is 2. The van der Waals surface area contributed by atoms with E-state index in [-0.39, 0.29) is 0 Å². The molecule has 1 aromatic heterocycles. The summed E-state index contributed by atoms with van der Waals surface area (Å²) in [7, 11) is 3.64. The number of nitrogens with one attached hydrogen (secondary N) is 1. The molecule has 1 heterocycles. The van der Waals surface area contributed by atoms with Gasteiger partial charge < -0.3 is 19.4 Å². The molecule has 5 heteroatoms. The van der Waals surface area contributed by atoms with E-state index < -0.39 is 0 Å². The molecule has 0 amide bonds. The number of rotatable bonds is 8. The zero-order chi connectivity index (χ0) is 10.9. The summed E-state index contributed by atoms with van der Waals surface area (Å²) in [5.74, 6) is 0.895. The van der Waals surface area contributed by atoms with Gasteiger partial charge in [-0.2, -0.15) is 0 Å². The molecule has 0 aliphatic heterocycles. The summed E-state index contributed by atoms with van der Waals surface area (Å²) in [6.07, 6.45) is 4.66. The van der Waals surface area contributed by atoms with Crippen LogP contribution in [0.25, 0.3) is 0 Å². The first kappa shape index (κ1) is 12.0. The van der Waals surface area contributed by atoms with Crippen molar-refractivity contribution in [3.63, 3.8) is 0 Å². The number of methoxy groups -OCH3 is 1. The van der Waals surface area contributed by atoms with E-state index in [2.05, 4.69) is 10.3 Å². The third kappa shape index (κ3) is 4.80. The molecule has 0 aromatic carbocycles. The van der Waals surface area contributed by atoms with Gasteiger partial charge in [0.15, 0.2) is 0 Å². The van der Waals surface area contributed by atoms with Crippen LogP contribution < -0.4 is 5.32 Å². The summed E-state index contributed by atoms with van der Waals surface area (Å²) in [6, 6.07) is 0. The smallest absolute Gasteiger partial charge is 0.202 e. The van der Waals surface area contributed by atoms with Crippen molar-refractivity contribution >= 4 is 5.95 Å². The van der Waals surface area contributed by atoms with Crippen LogP contribution in [0.5, 0.6) is 0 Å². The number of imidazole rings is 1.